The van der Waals surface area contributed by atoms with Crippen LogP contribution in [0.25, 0.3) is 0 Å². The van der Waals surface area contributed by atoms with Gasteiger partial charge in [0, 0.05) is 26.1 Å². The summed E-state index contributed by atoms with van der Waals surface area (Å²) in [6.45, 7) is 7.19. The molecule has 148 valence electrons. The van der Waals surface area contributed by atoms with Crippen LogP contribution in [0.4, 0.5) is 4.79 Å². The van der Waals surface area contributed by atoms with Crippen LogP contribution in [0.2, 0.25) is 0 Å². The van der Waals surface area contributed by atoms with E-state index >= 15 is 0 Å². The molecule has 2 fully saturated rings. The molecule has 0 aromatic heterocycles. The van der Waals surface area contributed by atoms with Gasteiger partial charge in [0.1, 0.15) is 0 Å². The summed E-state index contributed by atoms with van der Waals surface area (Å²) in [4.78, 5) is 28.7. The van der Waals surface area contributed by atoms with Gasteiger partial charge in [-0.25, -0.2) is 4.79 Å². The number of rotatable bonds is 6. The quantitative estimate of drug-likeness (QED) is 0.820. The minimum atomic E-state index is -0.179. The zero-order valence-corrected chi connectivity index (χ0v) is 16.1. The topological polar surface area (TPSA) is 71.1 Å². The molecular formula is C20H29N3O4. The van der Waals surface area contributed by atoms with Crippen LogP contribution in [0, 0.1) is 0 Å². The van der Waals surface area contributed by atoms with Crippen molar-refractivity contribution >= 4 is 11.9 Å². The van der Waals surface area contributed by atoms with Crippen LogP contribution in [0.15, 0.2) is 30.3 Å². The molecule has 0 spiro atoms. The molecule has 1 aromatic rings. The van der Waals surface area contributed by atoms with E-state index in [0.29, 0.717) is 45.9 Å². The predicted octanol–water partition coefficient (Wildman–Crippen LogP) is 1.62. The first-order valence-electron chi connectivity index (χ1n) is 9.66. The second kappa shape index (κ2) is 9.19. The first kappa shape index (κ1) is 19.6. The highest BCUT2D eigenvalue weighted by molar-refractivity contribution is 5.82. The highest BCUT2D eigenvalue weighted by Gasteiger charge is 2.38. The maximum atomic E-state index is 12.7. The summed E-state index contributed by atoms with van der Waals surface area (Å²) in [6, 6.07) is 9.57. The number of carbonyl (C=O) groups is 2. The lowest BCUT2D eigenvalue weighted by Crippen LogP contribution is -2.54. The van der Waals surface area contributed by atoms with E-state index in [1.807, 2.05) is 49.1 Å². The first-order valence-corrected chi connectivity index (χ1v) is 9.66. The molecule has 3 rings (SSSR count). The summed E-state index contributed by atoms with van der Waals surface area (Å²) < 4.78 is 11.0. The summed E-state index contributed by atoms with van der Waals surface area (Å²) in [6.07, 6.45) is 0.244. The van der Waals surface area contributed by atoms with Crippen molar-refractivity contribution in [3.63, 3.8) is 0 Å². The average molecular weight is 375 g/mol. The Balaban J connectivity index is 1.54. The van der Waals surface area contributed by atoms with E-state index in [0.717, 1.165) is 5.56 Å². The van der Waals surface area contributed by atoms with E-state index < -0.39 is 0 Å². The van der Waals surface area contributed by atoms with Crippen molar-refractivity contribution in [3.05, 3.63) is 35.9 Å². The Labute approximate surface area is 160 Å². The molecule has 0 aliphatic carbocycles. The summed E-state index contributed by atoms with van der Waals surface area (Å²) >= 11 is 0. The molecule has 2 aliphatic heterocycles. The van der Waals surface area contributed by atoms with Crippen LogP contribution in [0.1, 0.15) is 25.8 Å². The third-order valence-electron chi connectivity index (χ3n) is 5.23. The minimum absolute atomic E-state index is 0.0399. The fourth-order valence-corrected chi connectivity index (χ4v) is 3.61. The molecule has 27 heavy (non-hydrogen) atoms. The van der Waals surface area contributed by atoms with Gasteiger partial charge in [0.15, 0.2) is 0 Å². The van der Waals surface area contributed by atoms with E-state index in [-0.39, 0.29) is 30.1 Å². The summed E-state index contributed by atoms with van der Waals surface area (Å²) in [5.41, 5.74) is 1.09. The fraction of sp³-hybridized carbons (Fsp3) is 0.600. The third-order valence-corrected chi connectivity index (χ3v) is 5.23. The minimum Gasteiger partial charge on any atom is -0.379 e. The van der Waals surface area contributed by atoms with Crippen molar-refractivity contribution in [2.45, 2.75) is 45.0 Å². The molecule has 1 aromatic carbocycles. The van der Waals surface area contributed by atoms with Gasteiger partial charge in [-0.1, -0.05) is 30.3 Å². The smallest absolute Gasteiger partial charge is 0.317 e. The van der Waals surface area contributed by atoms with Gasteiger partial charge in [-0.2, -0.15) is 0 Å². The molecule has 0 radical (unpaired) electrons. The predicted molar refractivity (Wildman–Crippen MR) is 101 cm³/mol. The molecule has 2 aliphatic rings. The SMILES string of the molecule is CCOCC1CN(C(=O)NC2CC(=O)N(Cc3ccccc3)C2C)CCO1. The van der Waals surface area contributed by atoms with Crippen molar-refractivity contribution in [1.29, 1.82) is 0 Å². The largest absolute Gasteiger partial charge is 0.379 e. The third kappa shape index (κ3) is 4.99. The van der Waals surface area contributed by atoms with Crippen molar-refractivity contribution in [3.8, 4) is 0 Å². The van der Waals surface area contributed by atoms with E-state index in [1.165, 1.54) is 0 Å². The summed E-state index contributed by atoms with van der Waals surface area (Å²) in [5.74, 6) is 0.0767. The standard InChI is InChI=1S/C20H29N3O4/c1-3-26-14-17-13-22(9-10-27-17)20(25)21-18-11-19(24)23(15(18)2)12-16-7-5-4-6-8-16/h4-8,15,17-18H,3,9-14H2,1-2H3,(H,21,25). The van der Waals surface area contributed by atoms with E-state index in [2.05, 4.69) is 5.32 Å². The molecule has 3 atom stereocenters. The molecule has 7 heteroatoms. The molecular weight excluding hydrogens is 346 g/mol. The molecule has 1 N–H and O–H groups in total. The maximum absolute atomic E-state index is 12.7. The zero-order valence-electron chi connectivity index (χ0n) is 16.1. The summed E-state index contributed by atoms with van der Waals surface area (Å²) in [7, 11) is 0. The number of ether oxygens (including phenoxy) is 2. The van der Waals surface area contributed by atoms with Gasteiger partial charge in [-0.15, -0.1) is 0 Å². The summed E-state index contributed by atoms with van der Waals surface area (Å²) in [5, 5.41) is 3.05. The van der Waals surface area contributed by atoms with Crippen LogP contribution in [-0.2, 0) is 20.8 Å². The first-order chi connectivity index (χ1) is 13.1. The van der Waals surface area contributed by atoms with Crippen LogP contribution in [0.3, 0.4) is 0 Å². The Hall–Kier alpha value is -2.12. The fourth-order valence-electron chi connectivity index (χ4n) is 3.61. The molecule has 0 bridgehead atoms. The van der Waals surface area contributed by atoms with Gasteiger partial charge in [0.25, 0.3) is 0 Å². The number of carbonyl (C=O) groups excluding carboxylic acids is 2. The van der Waals surface area contributed by atoms with Crippen LogP contribution >= 0.6 is 0 Å². The van der Waals surface area contributed by atoms with E-state index in [9.17, 15) is 9.59 Å². The number of urea groups is 1. The van der Waals surface area contributed by atoms with E-state index in [1.54, 1.807) is 4.90 Å². The average Bonchev–Trinajstić information content (AvgIpc) is 2.95. The van der Waals surface area contributed by atoms with Crippen LogP contribution < -0.4 is 5.32 Å². The lowest BCUT2D eigenvalue weighted by Gasteiger charge is -2.34. The van der Waals surface area contributed by atoms with Gasteiger partial charge < -0.3 is 24.6 Å². The second-order valence-electron chi connectivity index (χ2n) is 7.11. The Morgan fingerprint density at radius 2 is 2.11 bits per heavy atom. The molecule has 2 heterocycles. The maximum Gasteiger partial charge on any atom is 0.317 e. The highest BCUT2D eigenvalue weighted by atomic mass is 16.5. The van der Waals surface area contributed by atoms with Gasteiger partial charge in [-0.3, -0.25) is 4.79 Å². The monoisotopic (exact) mass is 375 g/mol. The Bertz CT molecular complexity index is 639. The zero-order chi connectivity index (χ0) is 19.2. The van der Waals surface area contributed by atoms with Crippen molar-refractivity contribution in [2.75, 3.05) is 32.9 Å². The second-order valence-corrected chi connectivity index (χ2v) is 7.11. The van der Waals surface area contributed by atoms with Crippen LogP contribution in [-0.4, -0.2) is 72.8 Å². The van der Waals surface area contributed by atoms with E-state index in [4.69, 9.17) is 9.47 Å². The number of nitrogens with one attached hydrogen (secondary N) is 1. The van der Waals surface area contributed by atoms with Gasteiger partial charge in [0.05, 0.1) is 37.9 Å². The lowest BCUT2D eigenvalue weighted by atomic mass is 10.1. The number of amides is 3. The Kier molecular flexibility index (Phi) is 6.68. The van der Waals surface area contributed by atoms with Gasteiger partial charge in [-0.05, 0) is 19.4 Å². The highest BCUT2D eigenvalue weighted by Crippen LogP contribution is 2.22. The number of morpholine rings is 1. The molecule has 2 saturated heterocycles. The Morgan fingerprint density at radius 1 is 1.33 bits per heavy atom. The molecule has 0 saturated carbocycles. The lowest BCUT2D eigenvalue weighted by molar-refractivity contribution is -0.129. The number of benzene rings is 1. The normalized spacial score (nSPS) is 25.7. The van der Waals surface area contributed by atoms with Gasteiger partial charge in [0.2, 0.25) is 5.91 Å². The van der Waals surface area contributed by atoms with Gasteiger partial charge >= 0.3 is 6.03 Å². The molecule has 7 nitrogen and oxygen atoms in total. The Morgan fingerprint density at radius 3 is 2.85 bits per heavy atom. The van der Waals surface area contributed by atoms with Crippen molar-refractivity contribution < 1.29 is 19.1 Å². The number of hydrogen-bond acceptors (Lipinski definition) is 4. The number of likely N-dealkylation sites (tertiary alicyclic amines) is 1. The number of hydrogen-bond donors (Lipinski definition) is 1. The molecule has 3 amide bonds. The van der Waals surface area contributed by atoms with Crippen molar-refractivity contribution in [1.82, 2.24) is 15.1 Å². The van der Waals surface area contributed by atoms with Crippen LogP contribution in [0.5, 0.6) is 0 Å². The number of nitrogens with zero attached hydrogens (tertiary/aromatic N) is 2. The van der Waals surface area contributed by atoms with Crippen molar-refractivity contribution in [2.24, 2.45) is 0 Å². The molecule has 3 unspecified atom stereocenters.